The third kappa shape index (κ3) is 7.15. The number of aliphatic hydroxyl groups excluding tert-OH is 1. The summed E-state index contributed by atoms with van der Waals surface area (Å²) in [5, 5.41) is 10.2. The van der Waals surface area contributed by atoms with Crippen molar-refractivity contribution in [3.63, 3.8) is 0 Å². The van der Waals surface area contributed by atoms with Gasteiger partial charge < -0.3 is 44.3 Å². The predicted octanol–water partition coefficient (Wildman–Crippen LogP) is -3.60. The van der Waals surface area contributed by atoms with E-state index in [-0.39, 0.29) is 24.8 Å². The van der Waals surface area contributed by atoms with Gasteiger partial charge in [-0.25, -0.2) is 0 Å². The zero-order chi connectivity index (χ0) is 18.2. The monoisotopic (exact) mass is 426 g/mol. The number of nitrogens with zero attached hydrogens (tertiary/aromatic N) is 2. The fraction of sp³-hybridized carbons (Fsp3) is 0.429. The number of methoxy groups -OCH3 is 1. The predicted molar refractivity (Wildman–Crippen MR) is 104 cm³/mol. The SMILES string of the molecule is COc1ccccc1N1CCN(CC(O)COCc2ccccc2)CC1.[Cl-].[Cl-]. The number of halogens is 2. The van der Waals surface area contributed by atoms with E-state index in [4.69, 9.17) is 9.47 Å². The third-order valence-electron chi connectivity index (χ3n) is 4.69. The molecule has 1 N–H and O–H groups in total. The van der Waals surface area contributed by atoms with Gasteiger partial charge in [-0.1, -0.05) is 42.5 Å². The number of anilines is 1. The summed E-state index contributed by atoms with van der Waals surface area (Å²) in [6, 6.07) is 18.2. The number of aliphatic hydroxyl groups is 1. The highest BCUT2D eigenvalue weighted by molar-refractivity contribution is 5.58. The van der Waals surface area contributed by atoms with Gasteiger partial charge in [0.2, 0.25) is 0 Å². The minimum Gasteiger partial charge on any atom is -1.00 e. The number of benzene rings is 2. The number of rotatable bonds is 8. The highest BCUT2D eigenvalue weighted by atomic mass is 35.5. The average Bonchev–Trinajstić information content (AvgIpc) is 2.69. The van der Waals surface area contributed by atoms with Crippen molar-refractivity contribution in [2.45, 2.75) is 12.7 Å². The lowest BCUT2D eigenvalue weighted by atomic mass is 10.2. The molecule has 156 valence electrons. The van der Waals surface area contributed by atoms with E-state index < -0.39 is 6.10 Å². The molecule has 0 aromatic heterocycles. The van der Waals surface area contributed by atoms with Crippen molar-refractivity contribution in [2.24, 2.45) is 0 Å². The van der Waals surface area contributed by atoms with Crippen molar-refractivity contribution in [2.75, 3.05) is 51.3 Å². The summed E-state index contributed by atoms with van der Waals surface area (Å²) < 4.78 is 11.1. The lowest BCUT2D eigenvalue weighted by Gasteiger charge is -2.37. The molecule has 1 heterocycles. The summed E-state index contributed by atoms with van der Waals surface area (Å²) in [5.41, 5.74) is 2.27. The largest absolute Gasteiger partial charge is 1.00 e. The van der Waals surface area contributed by atoms with Crippen LogP contribution >= 0.6 is 0 Å². The van der Waals surface area contributed by atoms with E-state index in [0.717, 1.165) is 43.2 Å². The van der Waals surface area contributed by atoms with Crippen molar-refractivity contribution >= 4 is 5.69 Å². The van der Waals surface area contributed by atoms with E-state index in [1.165, 1.54) is 0 Å². The van der Waals surface area contributed by atoms with Crippen molar-refractivity contribution in [1.29, 1.82) is 0 Å². The Bertz CT molecular complexity index is 668. The summed E-state index contributed by atoms with van der Waals surface area (Å²) in [4.78, 5) is 4.63. The van der Waals surface area contributed by atoms with Crippen LogP contribution in [0.2, 0.25) is 0 Å². The zero-order valence-electron chi connectivity index (χ0n) is 16.1. The molecule has 2 aromatic rings. The standard InChI is InChI=1S/C21H28N2O3.2ClH/c1-25-21-10-6-5-9-20(21)23-13-11-22(12-14-23)15-19(24)17-26-16-18-7-3-2-4-8-18;;/h2-10,19,24H,11-17H2,1H3;2*1H/p-2. The Morgan fingerprint density at radius 3 is 2.25 bits per heavy atom. The lowest BCUT2D eigenvalue weighted by molar-refractivity contribution is -0.001000. The Labute approximate surface area is 180 Å². The Hall–Kier alpha value is -1.50. The van der Waals surface area contributed by atoms with Crippen molar-refractivity contribution < 1.29 is 39.4 Å². The fourth-order valence-corrected chi connectivity index (χ4v) is 3.30. The number of ether oxygens (including phenoxy) is 2. The second-order valence-electron chi connectivity index (χ2n) is 6.61. The molecule has 1 saturated heterocycles. The number of hydrogen-bond donors (Lipinski definition) is 1. The summed E-state index contributed by atoms with van der Waals surface area (Å²) >= 11 is 0. The molecular formula is C21H28Cl2N2O3-2. The van der Waals surface area contributed by atoms with Gasteiger partial charge in [-0.15, -0.1) is 0 Å². The summed E-state index contributed by atoms with van der Waals surface area (Å²) in [6.07, 6.45) is -0.462. The Kier molecular flexibility index (Phi) is 11.3. The van der Waals surface area contributed by atoms with Gasteiger partial charge in [-0.2, -0.15) is 0 Å². The summed E-state index contributed by atoms with van der Waals surface area (Å²) in [7, 11) is 1.71. The van der Waals surface area contributed by atoms with E-state index in [9.17, 15) is 5.11 Å². The van der Waals surface area contributed by atoms with Crippen LogP contribution in [0.1, 0.15) is 5.56 Å². The van der Waals surface area contributed by atoms with Gasteiger partial charge in [0, 0.05) is 32.7 Å². The highest BCUT2D eigenvalue weighted by Gasteiger charge is 2.21. The molecule has 0 radical (unpaired) electrons. The number of piperazine rings is 1. The molecule has 5 nitrogen and oxygen atoms in total. The first kappa shape index (κ1) is 24.5. The fourth-order valence-electron chi connectivity index (χ4n) is 3.30. The van der Waals surface area contributed by atoms with Crippen LogP contribution < -0.4 is 34.5 Å². The van der Waals surface area contributed by atoms with Crippen LogP contribution in [0.4, 0.5) is 5.69 Å². The summed E-state index contributed by atoms with van der Waals surface area (Å²) in [6.45, 7) is 5.26. The van der Waals surface area contributed by atoms with Crippen LogP contribution in [0.25, 0.3) is 0 Å². The molecule has 0 saturated carbocycles. The molecule has 0 bridgehead atoms. The molecule has 0 aliphatic carbocycles. The third-order valence-corrected chi connectivity index (χ3v) is 4.69. The smallest absolute Gasteiger partial charge is 0.142 e. The van der Waals surface area contributed by atoms with Crippen LogP contribution in [0.5, 0.6) is 5.75 Å². The number of β-amino-alcohol motifs (C(OH)–C–C–N with tert-alkyl or cyclic N) is 1. The molecule has 7 heteroatoms. The van der Waals surface area contributed by atoms with Crippen molar-refractivity contribution in [3.05, 3.63) is 60.2 Å². The van der Waals surface area contributed by atoms with E-state index in [2.05, 4.69) is 15.9 Å². The topological polar surface area (TPSA) is 45.2 Å². The average molecular weight is 427 g/mol. The van der Waals surface area contributed by atoms with Crippen LogP contribution in [-0.4, -0.2) is 62.6 Å². The molecule has 1 aliphatic rings. The molecule has 1 fully saturated rings. The van der Waals surface area contributed by atoms with Gasteiger partial charge >= 0.3 is 0 Å². The number of hydrogen-bond acceptors (Lipinski definition) is 5. The van der Waals surface area contributed by atoms with Crippen LogP contribution in [0.3, 0.4) is 0 Å². The van der Waals surface area contributed by atoms with Crippen molar-refractivity contribution in [3.8, 4) is 5.75 Å². The van der Waals surface area contributed by atoms with Gasteiger partial charge in [-0.05, 0) is 17.7 Å². The first-order valence-corrected chi connectivity index (χ1v) is 9.16. The lowest BCUT2D eigenvalue weighted by Crippen LogP contribution is -3.00. The molecule has 1 unspecified atom stereocenters. The zero-order valence-corrected chi connectivity index (χ0v) is 17.6. The Morgan fingerprint density at radius 1 is 0.929 bits per heavy atom. The van der Waals surface area contributed by atoms with Crippen LogP contribution in [0.15, 0.2) is 54.6 Å². The first-order valence-electron chi connectivity index (χ1n) is 9.16. The Balaban J connectivity index is 0.00000196. The molecule has 2 aromatic carbocycles. The molecule has 0 amide bonds. The van der Waals surface area contributed by atoms with Gasteiger partial charge in [0.15, 0.2) is 0 Å². The van der Waals surface area contributed by atoms with Gasteiger partial charge in [0.1, 0.15) is 5.75 Å². The van der Waals surface area contributed by atoms with E-state index >= 15 is 0 Å². The molecular weight excluding hydrogens is 399 g/mol. The molecule has 1 atom stereocenters. The maximum Gasteiger partial charge on any atom is 0.142 e. The molecule has 28 heavy (non-hydrogen) atoms. The first-order chi connectivity index (χ1) is 12.8. The second kappa shape index (κ2) is 12.9. The Morgan fingerprint density at radius 2 is 1.57 bits per heavy atom. The van der Waals surface area contributed by atoms with E-state index in [0.29, 0.717) is 19.8 Å². The normalized spacial score (nSPS) is 15.3. The van der Waals surface area contributed by atoms with Crippen LogP contribution in [0, 0.1) is 0 Å². The maximum atomic E-state index is 10.2. The minimum atomic E-state index is -0.462. The van der Waals surface area contributed by atoms with Gasteiger partial charge in [0.05, 0.1) is 32.1 Å². The molecule has 0 spiro atoms. The minimum absolute atomic E-state index is 0. The van der Waals surface area contributed by atoms with E-state index in [1.807, 2.05) is 48.5 Å². The summed E-state index contributed by atoms with van der Waals surface area (Å²) in [5.74, 6) is 0.912. The molecule has 1 aliphatic heterocycles. The van der Waals surface area contributed by atoms with E-state index in [1.54, 1.807) is 7.11 Å². The van der Waals surface area contributed by atoms with Gasteiger partial charge in [-0.3, -0.25) is 4.90 Å². The van der Waals surface area contributed by atoms with Crippen LogP contribution in [-0.2, 0) is 11.3 Å². The van der Waals surface area contributed by atoms with Gasteiger partial charge in [0.25, 0.3) is 0 Å². The highest BCUT2D eigenvalue weighted by Crippen LogP contribution is 2.28. The maximum absolute atomic E-state index is 10.2. The second-order valence-corrected chi connectivity index (χ2v) is 6.61. The quantitative estimate of drug-likeness (QED) is 0.472. The molecule has 3 rings (SSSR count). The van der Waals surface area contributed by atoms with Crippen molar-refractivity contribution in [1.82, 2.24) is 4.90 Å². The number of para-hydroxylation sites is 2.